The van der Waals surface area contributed by atoms with E-state index < -0.39 is 0 Å². The van der Waals surface area contributed by atoms with Gasteiger partial charge in [-0.05, 0) is 159 Å². The Morgan fingerprint density at radius 2 is 0.803 bits per heavy atom. The smallest absolute Gasteiger partial charge is 0.169 e. The van der Waals surface area contributed by atoms with Gasteiger partial charge in [0.2, 0.25) is 0 Å². The minimum absolute atomic E-state index is 0.00957. The van der Waals surface area contributed by atoms with Crippen LogP contribution in [0.4, 0.5) is 22.7 Å². The Balaban J connectivity index is 0.000000136. The van der Waals surface area contributed by atoms with Gasteiger partial charge in [0.1, 0.15) is 90.5 Å². The SMILES string of the molecule is C#Cc1csc(CC(=O)c2cccc(Oc3cccnc3)c2)n1.CN(c1cncnc1)c1cccc(C(=O)Cc2nccs2)c1.Cc1csc(CC(=O)c2cccc(N(C)c3cncnc3)c2)n1.Cc1nc(CC(=O)c2cc(Cl)cc(Oc3cncnc3)c2)sc1C(C)(C)C.O=C(Cc1ccccn1)c1cccc(Oc2cccnc2)c1.O=C(Cc1nc(C2CC2)cs1)c1cc(Cl)cc(Oc2cncnc2)c1. The molecule has 0 aliphatic heterocycles. The highest BCUT2D eigenvalue weighted by atomic mass is 35.5. The summed E-state index contributed by atoms with van der Waals surface area (Å²) < 4.78 is 22.7. The highest BCUT2D eigenvalue weighted by Gasteiger charge is 2.28. The predicted molar refractivity (Wildman–Crippen MR) is 553 cm³/mol. The number of aromatic nitrogens is 16. The number of anilines is 4. The summed E-state index contributed by atoms with van der Waals surface area (Å²) in [5.74, 6) is 7.44. The Labute approximate surface area is 849 Å². The second-order valence-corrected chi connectivity index (χ2v) is 38.2. The van der Waals surface area contributed by atoms with Crippen molar-refractivity contribution in [3.8, 4) is 58.3 Å². The Morgan fingerprint density at radius 3 is 1.24 bits per heavy atom. The number of nitrogens with zero attached hydrogens (tertiary/aromatic N) is 18. The predicted octanol–water partition coefficient (Wildman–Crippen LogP) is 24.1. The summed E-state index contributed by atoms with van der Waals surface area (Å²) in [5, 5.41) is 12.6. The lowest BCUT2D eigenvalue weighted by atomic mass is 9.93. The third-order valence-electron chi connectivity index (χ3n) is 20.5. The van der Waals surface area contributed by atoms with E-state index in [1.54, 1.807) is 201 Å². The topological polar surface area (TPSA) is 352 Å². The maximum atomic E-state index is 12.8. The molecule has 0 atom stereocenters. The van der Waals surface area contributed by atoms with Crippen LogP contribution in [-0.4, -0.2) is 129 Å². The lowest BCUT2D eigenvalue weighted by Gasteiger charge is -2.19. The number of hydrogen-bond acceptors (Lipinski definition) is 33. The summed E-state index contributed by atoms with van der Waals surface area (Å²) >= 11 is 19.8. The number of carbonyl (C=O) groups excluding carboxylic acids is 6. The minimum atomic E-state index is -0.0547. The molecule has 0 spiro atoms. The van der Waals surface area contributed by atoms with Gasteiger partial charge in [-0.1, -0.05) is 98.6 Å². The van der Waals surface area contributed by atoms with E-state index in [0.29, 0.717) is 119 Å². The van der Waals surface area contributed by atoms with Crippen LogP contribution in [0.15, 0.2) is 310 Å². The van der Waals surface area contributed by atoms with Gasteiger partial charge in [0.25, 0.3) is 0 Å². The van der Waals surface area contributed by atoms with Crippen LogP contribution in [0.2, 0.25) is 10.0 Å². The molecule has 28 nitrogen and oxygen atoms in total. The monoisotopic (exact) mass is 2020 g/mol. The first-order chi connectivity index (χ1) is 68.8. The van der Waals surface area contributed by atoms with Crippen molar-refractivity contribution in [2.24, 2.45) is 0 Å². The second-order valence-electron chi connectivity index (χ2n) is 32.5. The first kappa shape index (κ1) is 102. The van der Waals surface area contributed by atoms with E-state index in [1.807, 2.05) is 127 Å². The molecule has 1 fully saturated rings. The summed E-state index contributed by atoms with van der Waals surface area (Å²) in [4.78, 5) is 146. The van der Waals surface area contributed by atoms with Gasteiger partial charge in [-0.25, -0.2) is 64.8 Å². The number of ketones is 6. The molecule has 35 heteroatoms. The van der Waals surface area contributed by atoms with Crippen molar-refractivity contribution in [2.45, 2.75) is 97.3 Å². The molecule has 0 amide bonds. The molecule has 12 heterocycles. The molecule has 1 aliphatic rings. The molecule has 18 aromatic rings. The van der Waals surface area contributed by atoms with Gasteiger partial charge < -0.3 is 28.7 Å². The first-order valence-electron chi connectivity index (χ1n) is 44.0. The zero-order chi connectivity index (χ0) is 99.7. The van der Waals surface area contributed by atoms with E-state index in [2.05, 4.69) is 112 Å². The molecule has 1 aliphatic carbocycles. The fraction of sp³-hybridized carbons (Fsp3) is 0.159. The molecular weight excluding hydrogens is 1930 g/mol. The number of aryl methyl sites for hydroxylation is 2. The summed E-state index contributed by atoms with van der Waals surface area (Å²) in [7, 11) is 3.84. The zero-order valence-corrected chi connectivity index (χ0v) is 83.3. The fourth-order valence-corrected chi connectivity index (χ4v) is 18.1. The minimum Gasteiger partial charge on any atom is -0.456 e. The highest BCUT2D eigenvalue weighted by Crippen LogP contribution is 2.41. The van der Waals surface area contributed by atoms with Crippen LogP contribution in [0, 0.1) is 26.2 Å². The number of terminal acetylenes is 1. The van der Waals surface area contributed by atoms with Crippen LogP contribution in [0.25, 0.3) is 0 Å². The maximum absolute atomic E-state index is 12.8. The summed E-state index contributed by atoms with van der Waals surface area (Å²) in [6.07, 6.45) is 38.3. The molecule has 19 rings (SSSR count). The highest BCUT2D eigenvalue weighted by molar-refractivity contribution is 7.12. The van der Waals surface area contributed by atoms with Crippen LogP contribution in [-0.2, 0) is 43.9 Å². The van der Waals surface area contributed by atoms with Gasteiger partial charge in [0, 0.05) is 137 Å². The Kier molecular flexibility index (Phi) is 36.4. The molecule has 0 bridgehead atoms. The molecule has 1 saturated carbocycles. The van der Waals surface area contributed by atoms with Crippen LogP contribution in [0.5, 0.6) is 46.0 Å². The number of benzene rings is 6. The molecule has 0 radical (unpaired) electrons. The van der Waals surface area contributed by atoms with E-state index in [0.717, 1.165) is 65.6 Å². The number of hydrogen-bond donors (Lipinski definition) is 0. The number of ether oxygens (including phenoxy) is 4. The number of rotatable bonds is 31. The van der Waals surface area contributed by atoms with Crippen molar-refractivity contribution in [3.05, 3.63) is 411 Å². The lowest BCUT2D eigenvalue weighted by Crippen LogP contribution is -2.11. The molecule has 12 aromatic heterocycles. The number of carbonyl (C=O) groups is 6. The maximum Gasteiger partial charge on any atom is 0.169 e. The first-order valence-corrected chi connectivity index (χ1v) is 49.1. The number of halogens is 2. The summed E-state index contributed by atoms with van der Waals surface area (Å²) in [6, 6.07) is 52.0. The van der Waals surface area contributed by atoms with Crippen molar-refractivity contribution < 1.29 is 47.7 Å². The molecule has 0 N–H and O–H groups in total. The van der Waals surface area contributed by atoms with E-state index in [4.69, 9.17) is 48.6 Å². The third-order valence-corrected chi connectivity index (χ3v) is 26.0. The van der Waals surface area contributed by atoms with E-state index >= 15 is 0 Å². The summed E-state index contributed by atoms with van der Waals surface area (Å²) in [5.41, 5.74) is 11.5. The van der Waals surface area contributed by atoms with Gasteiger partial charge in [-0.15, -0.1) is 63.1 Å². The Morgan fingerprint density at radius 1 is 0.380 bits per heavy atom. The molecule has 142 heavy (non-hydrogen) atoms. The second kappa shape index (κ2) is 50.7. The Hall–Kier alpha value is -15.8. The van der Waals surface area contributed by atoms with Gasteiger partial charge in [-0.3, -0.25) is 43.7 Å². The van der Waals surface area contributed by atoms with Crippen molar-refractivity contribution >= 4 is 137 Å². The normalized spacial score (nSPS) is 11.1. The molecule has 712 valence electrons. The average molecular weight is 2020 g/mol. The largest absolute Gasteiger partial charge is 0.456 e. The molecule has 6 aromatic carbocycles. The number of Topliss-reactive ketones (excluding diaryl/α,β-unsaturated/α-hetero) is 6. The van der Waals surface area contributed by atoms with Crippen molar-refractivity contribution in [1.82, 2.24) is 79.7 Å². The van der Waals surface area contributed by atoms with Gasteiger partial charge in [-0.2, -0.15) is 0 Å². The number of pyridine rings is 3. The quantitative estimate of drug-likeness (QED) is 0.0288. The van der Waals surface area contributed by atoms with E-state index in [-0.39, 0.29) is 65.8 Å². The van der Waals surface area contributed by atoms with Crippen LogP contribution in [0.3, 0.4) is 0 Å². The fourth-order valence-electron chi connectivity index (χ4n) is 13.5. The van der Waals surface area contributed by atoms with Crippen LogP contribution < -0.4 is 28.7 Å². The van der Waals surface area contributed by atoms with Gasteiger partial charge >= 0.3 is 0 Å². The van der Waals surface area contributed by atoms with Crippen LogP contribution in [0.1, 0.15) is 160 Å². The molecular formula is C107H90Cl2N18O10S5. The van der Waals surface area contributed by atoms with E-state index in [1.165, 1.54) is 88.4 Å². The van der Waals surface area contributed by atoms with Crippen molar-refractivity contribution in [3.63, 3.8) is 0 Å². The van der Waals surface area contributed by atoms with Crippen molar-refractivity contribution in [1.29, 1.82) is 0 Å². The molecule has 0 saturated heterocycles. The van der Waals surface area contributed by atoms with Crippen LogP contribution >= 0.6 is 79.9 Å². The Bertz CT molecular complexity index is 7310. The van der Waals surface area contributed by atoms with Crippen molar-refractivity contribution in [2.75, 3.05) is 23.9 Å². The van der Waals surface area contributed by atoms with E-state index in [9.17, 15) is 28.8 Å². The third kappa shape index (κ3) is 31.4. The molecule has 0 unspecified atom stereocenters. The van der Waals surface area contributed by atoms with Gasteiger partial charge in [0.05, 0.1) is 123 Å². The average Bonchev–Trinajstić information content (AvgIpc) is 1.58. The van der Waals surface area contributed by atoms with Gasteiger partial charge in [0.15, 0.2) is 46.2 Å². The number of thiazole rings is 5. The summed E-state index contributed by atoms with van der Waals surface area (Å²) in [6.45, 7) is 10.4. The standard InChI is InChI=1S/C20H20ClN3O2S.C18H14ClN3O2S.C18H12N2O2S.C18H14N2O2.C17H16N4OS.C16H14N4OS/c1-12-19(20(2,3)4)27-18(24-12)8-17(25)13-5-14(21)7-15(6-13)26-16-9-22-11-23-10-16;19-13-3-12(4-14(5-13)24-15-7-20-10-21-8-15)17(23)6-18-22-16(9-25-18)11-1-2-11;1-2-14-12-23-18(20-14)10-17(21)13-5-3-6-15(9-13)22-16-7-4-8-19-11-16;21-18(12-15-6-1-2-10-20-15)14-5-3-7-16(11-14)22-17-8-4-9-19-13-17;1-12-10-23-17(20-12)7-16(22)13-4-3-5-14(6-13)21(2)15-8-18-11-19-9-15;1-20(14-9-17-11-18-10-14)13-4-2-3-12(7-13)15(21)8-16-19-5-6-22-16/h5-7,9-11H,8H2,1-4H3;3-5,7-11H,1-2,6H2;1,3-9,11-12H,10H2;1-11,13H,12H2;3-6,8-11H,7H2,1-2H3;2-7,9-11H,8H2,1H3. The lowest BCUT2D eigenvalue weighted by molar-refractivity contribution is 0.0983. The zero-order valence-electron chi connectivity index (χ0n) is 77.7.